The first-order chi connectivity index (χ1) is 13.2. The minimum Gasteiger partial charge on any atom is -0.449 e. The zero-order valence-electron chi connectivity index (χ0n) is 16.0. The molecule has 7 atom stereocenters. The van der Waals surface area contributed by atoms with Crippen LogP contribution in [0.3, 0.4) is 0 Å². The molecule has 4 aliphatic rings. The standard InChI is InChI=1S/C18H25N3O6S/c1-7-14-13(8(2)22)16(24)21(14)17(27-18(25)26)15(7)28-9-4-10(19-6-9)11-5-12(23)20(11)3/h7-11,13-14,19,22H,4-6H2,1-3H3,(H,25,26)/t7-,8-,9+,10+,11?,13-,14-/m1/s1. The third-order valence-corrected chi connectivity index (χ3v) is 7.90. The lowest BCUT2D eigenvalue weighted by atomic mass is 9.79. The van der Waals surface area contributed by atoms with Crippen molar-refractivity contribution in [1.29, 1.82) is 0 Å². The number of thioether (sulfide) groups is 1. The quantitative estimate of drug-likeness (QED) is 0.439. The fourth-order valence-corrected chi connectivity index (χ4v) is 6.28. The molecule has 0 aromatic heterocycles. The van der Waals surface area contributed by atoms with E-state index in [1.165, 1.54) is 4.90 Å². The summed E-state index contributed by atoms with van der Waals surface area (Å²) in [7, 11) is 1.81. The highest BCUT2D eigenvalue weighted by Crippen LogP contribution is 2.52. The number of aliphatic hydroxyl groups excluding tert-OH is 1. The average molecular weight is 411 g/mol. The van der Waals surface area contributed by atoms with Crippen LogP contribution in [0.15, 0.2) is 10.8 Å². The van der Waals surface area contributed by atoms with Crippen LogP contribution in [0.5, 0.6) is 0 Å². The fourth-order valence-electron chi connectivity index (χ4n) is 4.84. The fraction of sp³-hybridized carbons (Fsp3) is 0.722. The van der Waals surface area contributed by atoms with E-state index in [2.05, 4.69) is 5.32 Å². The number of aliphatic hydroxyl groups is 1. The molecule has 0 saturated carbocycles. The first kappa shape index (κ1) is 19.5. The molecule has 154 valence electrons. The van der Waals surface area contributed by atoms with E-state index in [1.807, 2.05) is 14.0 Å². The molecular weight excluding hydrogens is 386 g/mol. The number of likely N-dealkylation sites (tertiary alicyclic amines) is 1. The zero-order valence-corrected chi connectivity index (χ0v) is 16.8. The summed E-state index contributed by atoms with van der Waals surface area (Å²) >= 11 is 1.54. The molecule has 3 fully saturated rings. The Morgan fingerprint density at radius 3 is 2.68 bits per heavy atom. The highest BCUT2D eigenvalue weighted by molar-refractivity contribution is 8.03. The van der Waals surface area contributed by atoms with Crippen molar-refractivity contribution in [2.75, 3.05) is 13.6 Å². The van der Waals surface area contributed by atoms with E-state index in [0.29, 0.717) is 6.42 Å². The van der Waals surface area contributed by atoms with Gasteiger partial charge in [-0.2, -0.15) is 0 Å². The maximum absolute atomic E-state index is 12.5. The number of hydrogen-bond acceptors (Lipinski definition) is 7. The van der Waals surface area contributed by atoms with E-state index in [-0.39, 0.29) is 47.0 Å². The molecule has 3 saturated heterocycles. The third-order valence-electron chi connectivity index (χ3n) is 6.41. The van der Waals surface area contributed by atoms with Crippen molar-refractivity contribution < 1.29 is 29.3 Å². The van der Waals surface area contributed by atoms with E-state index >= 15 is 0 Å². The second kappa shape index (κ2) is 6.93. The summed E-state index contributed by atoms with van der Waals surface area (Å²) in [5.41, 5.74) is 0. The topological polar surface area (TPSA) is 119 Å². The van der Waals surface area contributed by atoms with Gasteiger partial charge in [-0.1, -0.05) is 6.92 Å². The number of carbonyl (C=O) groups excluding carboxylic acids is 2. The number of ether oxygens (including phenoxy) is 1. The summed E-state index contributed by atoms with van der Waals surface area (Å²) in [4.78, 5) is 39.0. The maximum atomic E-state index is 12.5. The van der Waals surface area contributed by atoms with Gasteiger partial charge in [0, 0.05) is 37.2 Å². The Labute approximate surface area is 167 Å². The number of nitrogens with one attached hydrogen (secondary N) is 1. The molecule has 0 bridgehead atoms. The van der Waals surface area contributed by atoms with Gasteiger partial charge in [0.1, 0.15) is 0 Å². The van der Waals surface area contributed by atoms with E-state index in [9.17, 15) is 19.5 Å². The lowest BCUT2D eigenvalue weighted by Crippen LogP contribution is -2.63. The van der Waals surface area contributed by atoms with Crippen molar-refractivity contribution in [2.24, 2.45) is 11.8 Å². The molecule has 4 heterocycles. The van der Waals surface area contributed by atoms with Gasteiger partial charge in [-0.05, 0) is 13.3 Å². The van der Waals surface area contributed by atoms with Gasteiger partial charge in [-0.15, -0.1) is 11.8 Å². The van der Waals surface area contributed by atoms with E-state index in [0.717, 1.165) is 17.9 Å². The molecule has 28 heavy (non-hydrogen) atoms. The summed E-state index contributed by atoms with van der Waals surface area (Å²) < 4.78 is 5.00. The highest BCUT2D eigenvalue weighted by Gasteiger charge is 2.60. The predicted octanol–water partition coefficient (Wildman–Crippen LogP) is 0.402. The van der Waals surface area contributed by atoms with Crippen LogP contribution >= 0.6 is 11.8 Å². The molecule has 10 heteroatoms. The largest absolute Gasteiger partial charge is 0.512 e. The summed E-state index contributed by atoms with van der Waals surface area (Å²) in [5.74, 6) is -0.695. The molecule has 0 aromatic carbocycles. The summed E-state index contributed by atoms with van der Waals surface area (Å²) in [6.07, 6.45) is -0.845. The number of carboxylic acid groups (broad SMARTS) is 1. The smallest absolute Gasteiger partial charge is 0.449 e. The van der Waals surface area contributed by atoms with Crippen LogP contribution in [0.2, 0.25) is 0 Å². The van der Waals surface area contributed by atoms with Crippen LogP contribution < -0.4 is 5.32 Å². The van der Waals surface area contributed by atoms with Crippen molar-refractivity contribution in [1.82, 2.24) is 15.1 Å². The van der Waals surface area contributed by atoms with Crippen molar-refractivity contribution in [2.45, 2.75) is 56.2 Å². The normalized spacial score (nSPS) is 38.3. The number of rotatable bonds is 5. The van der Waals surface area contributed by atoms with Crippen molar-refractivity contribution >= 4 is 29.7 Å². The second-order valence-corrected chi connectivity index (χ2v) is 9.40. The van der Waals surface area contributed by atoms with Crippen LogP contribution in [-0.2, 0) is 14.3 Å². The molecular formula is C18H25N3O6S. The van der Waals surface area contributed by atoms with Gasteiger partial charge in [-0.25, -0.2) is 4.79 Å². The Kier molecular flexibility index (Phi) is 4.83. The van der Waals surface area contributed by atoms with Crippen LogP contribution in [0.1, 0.15) is 26.7 Å². The highest BCUT2D eigenvalue weighted by atomic mass is 32.2. The monoisotopic (exact) mass is 411 g/mol. The van der Waals surface area contributed by atoms with Crippen molar-refractivity contribution in [3.63, 3.8) is 0 Å². The molecule has 2 amide bonds. The lowest BCUT2D eigenvalue weighted by molar-refractivity contribution is -0.163. The molecule has 0 aliphatic carbocycles. The Morgan fingerprint density at radius 2 is 2.11 bits per heavy atom. The summed E-state index contributed by atoms with van der Waals surface area (Å²) in [5, 5.41) is 22.7. The van der Waals surface area contributed by atoms with E-state index in [4.69, 9.17) is 9.84 Å². The first-order valence-corrected chi connectivity index (χ1v) is 10.4. The number of amides is 2. The van der Waals surface area contributed by atoms with Gasteiger partial charge in [0.2, 0.25) is 17.7 Å². The average Bonchev–Trinajstić information content (AvgIpc) is 3.15. The Hall–Kier alpha value is -1.78. The molecule has 0 spiro atoms. The number of fused-ring (bicyclic) bond motifs is 1. The van der Waals surface area contributed by atoms with Crippen LogP contribution in [-0.4, -0.2) is 81.1 Å². The maximum Gasteiger partial charge on any atom is 0.512 e. The SMILES string of the molecule is C[C@@H](O)[C@H]1C(=O)N2C(OC(=O)O)=C(S[C@@H]3CN[C@H](C4CC(=O)N4C)C3)[C@H](C)[C@H]12. The van der Waals surface area contributed by atoms with E-state index < -0.39 is 18.2 Å². The number of nitrogens with zero attached hydrogens (tertiary/aromatic N) is 2. The molecule has 0 aromatic rings. The van der Waals surface area contributed by atoms with Gasteiger partial charge in [0.25, 0.3) is 0 Å². The number of likely N-dealkylation sites (N-methyl/N-ethyl adjacent to an activating group) is 1. The minimum absolute atomic E-state index is 0.0938. The first-order valence-electron chi connectivity index (χ1n) is 9.52. The Balaban J connectivity index is 1.49. The summed E-state index contributed by atoms with van der Waals surface area (Å²) in [6, 6.07) is 0.138. The van der Waals surface area contributed by atoms with Gasteiger partial charge < -0.3 is 25.2 Å². The van der Waals surface area contributed by atoms with Gasteiger partial charge >= 0.3 is 6.16 Å². The Bertz CT molecular complexity index is 756. The molecule has 1 unspecified atom stereocenters. The lowest BCUT2D eigenvalue weighted by Gasteiger charge is -2.45. The number of β-lactam (4-membered cyclic amide) rings is 2. The Morgan fingerprint density at radius 1 is 1.39 bits per heavy atom. The molecule has 3 N–H and O–H groups in total. The van der Waals surface area contributed by atoms with Crippen molar-refractivity contribution in [3.8, 4) is 0 Å². The minimum atomic E-state index is -1.45. The predicted molar refractivity (Wildman–Crippen MR) is 100 cm³/mol. The molecule has 0 radical (unpaired) electrons. The molecule has 4 aliphatic heterocycles. The number of carbonyl (C=O) groups is 3. The van der Waals surface area contributed by atoms with Crippen molar-refractivity contribution in [3.05, 3.63) is 10.8 Å². The van der Waals surface area contributed by atoms with Gasteiger partial charge in [0.05, 0.1) is 29.0 Å². The third kappa shape index (κ3) is 2.89. The molecule has 9 nitrogen and oxygen atoms in total. The van der Waals surface area contributed by atoms with Crippen LogP contribution in [0.4, 0.5) is 4.79 Å². The van der Waals surface area contributed by atoms with Crippen LogP contribution in [0, 0.1) is 11.8 Å². The van der Waals surface area contributed by atoms with Gasteiger partial charge in [-0.3, -0.25) is 14.5 Å². The zero-order chi connectivity index (χ0) is 20.3. The molecule has 4 rings (SSSR count). The second-order valence-electron chi connectivity index (χ2n) is 8.06. The number of hydrogen-bond donors (Lipinski definition) is 3. The summed E-state index contributed by atoms with van der Waals surface area (Å²) in [6.45, 7) is 4.26. The van der Waals surface area contributed by atoms with Crippen LogP contribution in [0.25, 0.3) is 0 Å². The van der Waals surface area contributed by atoms with Gasteiger partial charge in [0.15, 0.2) is 0 Å². The van der Waals surface area contributed by atoms with E-state index in [1.54, 1.807) is 23.6 Å².